The fraction of sp³-hybridized carbons (Fsp3) is 0.412. The van der Waals surface area contributed by atoms with Gasteiger partial charge in [0.15, 0.2) is 5.82 Å². The zero-order chi connectivity index (χ0) is 19.3. The van der Waals surface area contributed by atoms with Gasteiger partial charge in [-0.25, -0.2) is 13.1 Å². The molecular weight excluding hydrogens is 354 g/mol. The van der Waals surface area contributed by atoms with Crippen LogP contribution in [0.4, 0.5) is 11.5 Å². The van der Waals surface area contributed by atoms with Gasteiger partial charge in [0.1, 0.15) is 5.75 Å². The summed E-state index contributed by atoms with van der Waals surface area (Å²) in [6, 6.07) is 5.19. The molecule has 2 N–H and O–H groups in total. The predicted octanol–water partition coefficient (Wildman–Crippen LogP) is 1.56. The highest BCUT2D eigenvalue weighted by Crippen LogP contribution is 2.25. The summed E-state index contributed by atoms with van der Waals surface area (Å²) in [5.74, 6) is 1.26. The molecule has 0 atom stereocenters. The smallest absolute Gasteiger partial charge is 0.240 e. The molecule has 0 unspecified atom stereocenters. The number of hydrogen-bond donors (Lipinski definition) is 2. The third kappa shape index (κ3) is 4.83. The van der Waals surface area contributed by atoms with E-state index in [2.05, 4.69) is 20.2 Å². The molecule has 0 saturated carbocycles. The van der Waals surface area contributed by atoms with Crippen molar-refractivity contribution in [1.82, 2.24) is 14.9 Å². The van der Waals surface area contributed by atoms with E-state index in [4.69, 9.17) is 4.74 Å². The molecule has 0 radical (unpaired) electrons. The molecule has 2 rings (SSSR count). The largest absolute Gasteiger partial charge is 0.496 e. The number of anilines is 2. The average Bonchev–Trinajstić information content (AvgIpc) is 2.60. The second-order valence-electron chi connectivity index (χ2n) is 6.11. The maximum Gasteiger partial charge on any atom is 0.240 e. The number of nitrogens with one attached hydrogen (secondary N) is 2. The SMILES string of the molecule is COc1cc(C)c(S(=O)(=O)NCCNc2cc(N(C)C)cnn2)cc1C. The highest BCUT2D eigenvalue weighted by atomic mass is 32.2. The average molecular weight is 379 g/mol. The van der Waals surface area contributed by atoms with E-state index in [0.717, 1.165) is 11.3 Å². The molecule has 0 saturated heterocycles. The van der Waals surface area contributed by atoms with Crippen LogP contribution in [0.25, 0.3) is 0 Å². The third-order valence-corrected chi connectivity index (χ3v) is 5.46. The van der Waals surface area contributed by atoms with E-state index in [1.807, 2.05) is 32.0 Å². The second-order valence-corrected chi connectivity index (χ2v) is 7.84. The fourth-order valence-corrected chi connectivity index (χ4v) is 3.75. The Morgan fingerprint density at radius 2 is 1.85 bits per heavy atom. The summed E-state index contributed by atoms with van der Waals surface area (Å²) in [5, 5.41) is 11.0. The lowest BCUT2D eigenvalue weighted by Gasteiger charge is -2.14. The highest BCUT2D eigenvalue weighted by Gasteiger charge is 2.18. The molecular formula is C17H25N5O3S. The van der Waals surface area contributed by atoms with Gasteiger partial charge < -0.3 is 15.0 Å². The van der Waals surface area contributed by atoms with E-state index in [1.165, 1.54) is 0 Å². The molecule has 1 aromatic carbocycles. The fourth-order valence-electron chi connectivity index (χ4n) is 2.41. The number of hydrogen-bond acceptors (Lipinski definition) is 7. The van der Waals surface area contributed by atoms with E-state index in [9.17, 15) is 8.42 Å². The van der Waals surface area contributed by atoms with Crippen LogP contribution in [0.15, 0.2) is 29.3 Å². The minimum absolute atomic E-state index is 0.223. The van der Waals surface area contributed by atoms with Gasteiger partial charge in [-0.3, -0.25) is 0 Å². The van der Waals surface area contributed by atoms with Crippen LogP contribution in [0.1, 0.15) is 11.1 Å². The van der Waals surface area contributed by atoms with Crippen molar-refractivity contribution in [2.45, 2.75) is 18.7 Å². The van der Waals surface area contributed by atoms with Gasteiger partial charge in [-0.15, -0.1) is 5.10 Å². The number of sulfonamides is 1. The summed E-state index contributed by atoms with van der Waals surface area (Å²) in [4.78, 5) is 2.17. The monoisotopic (exact) mass is 379 g/mol. The Bertz CT molecular complexity index is 869. The van der Waals surface area contributed by atoms with E-state index in [1.54, 1.807) is 32.4 Å². The molecule has 0 bridgehead atoms. The molecule has 9 heteroatoms. The second kappa shape index (κ2) is 8.33. The molecule has 0 aliphatic heterocycles. The molecule has 8 nitrogen and oxygen atoms in total. The summed E-state index contributed by atoms with van der Waals surface area (Å²) in [7, 11) is 1.78. The minimum atomic E-state index is -3.60. The summed E-state index contributed by atoms with van der Waals surface area (Å²) in [6.07, 6.45) is 1.66. The molecule has 142 valence electrons. The molecule has 0 spiro atoms. The quantitative estimate of drug-likeness (QED) is 0.672. The van der Waals surface area contributed by atoms with E-state index in [0.29, 0.717) is 23.7 Å². The Kier molecular flexibility index (Phi) is 6.38. The van der Waals surface area contributed by atoms with Gasteiger partial charge in [-0.2, -0.15) is 5.10 Å². The van der Waals surface area contributed by atoms with Crippen LogP contribution >= 0.6 is 0 Å². The lowest BCUT2D eigenvalue weighted by Crippen LogP contribution is -2.29. The number of methoxy groups -OCH3 is 1. The van der Waals surface area contributed by atoms with Crippen LogP contribution in [-0.4, -0.2) is 52.9 Å². The Labute approximate surface area is 154 Å². The molecule has 1 aromatic heterocycles. The molecule has 0 aliphatic carbocycles. The van der Waals surface area contributed by atoms with Gasteiger partial charge in [-0.05, 0) is 37.1 Å². The van der Waals surface area contributed by atoms with Crippen LogP contribution in [0, 0.1) is 13.8 Å². The predicted molar refractivity (Wildman–Crippen MR) is 103 cm³/mol. The maximum atomic E-state index is 12.5. The first kappa shape index (κ1) is 19.9. The number of ether oxygens (including phenoxy) is 1. The summed E-state index contributed by atoms with van der Waals surface area (Å²) in [5.41, 5.74) is 2.32. The van der Waals surface area contributed by atoms with Gasteiger partial charge in [0, 0.05) is 33.3 Å². The first-order valence-electron chi connectivity index (χ1n) is 8.13. The van der Waals surface area contributed by atoms with E-state index < -0.39 is 10.0 Å². The number of aromatic nitrogens is 2. The Balaban J connectivity index is 1.99. The van der Waals surface area contributed by atoms with Crippen LogP contribution in [0.3, 0.4) is 0 Å². The summed E-state index contributed by atoms with van der Waals surface area (Å²) >= 11 is 0. The van der Waals surface area contributed by atoms with Gasteiger partial charge >= 0.3 is 0 Å². The minimum Gasteiger partial charge on any atom is -0.496 e. The standard InChI is InChI=1S/C17H25N5O3S/c1-12-9-16(13(2)8-15(12)25-5)26(23,24)20-7-6-18-17-10-14(22(3)4)11-19-21-17/h8-11,20H,6-7H2,1-5H3,(H,18,21). The molecule has 0 fully saturated rings. The number of nitrogens with zero attached hydrogens (tertiary/aromatic N) is 3. The third-order valence-electron chi connectivity index (χ3n) is 3.86. The molecule has 0 amide bonds. The Hall–Kier alpha value is -2.39. The Morgan fingerprint density at radius 3 is 2.50 bits per heavy atom. The normalized spacial score (nSPS) is 11.3. The van der Waals surface area contributed by atoms with Crippen molar-refractivity contribution in [3.8, 4) is 5.75 Å². The zero-order valence-corrected chi connectivity index (χ0v) is 16.5. The summed E-state index contributed by atoms with van der Waals surface area (Å²) < 4.78 is 32.9. The highest BCUT2D eigenvalue weighted by molar-refractivity contribution is 7.89. The summed E-state index contributed by atoms with van der Waals surface area (Å²) in [6.45, 7) is 4.17. The molecule has 26 heavy (non-hydrogen) atoms. The zero-order valence-electron chi connectivity index (χ0n) is 15.7. The van der Waals surface area contributed by atoms with Gasteiger partial charge in [-0.1, -0.05) is 0 Å². The molecule has 0 aliphatic rings. The number of benzene rings is 1. The van der Waals surface area contributed by atoms with Crippen LogP contribution < -0.4 is 19.7 Å². The van der Waals surface area contributed by atoms with Crippen LogP contribution in [0.2, 0.25) is 0 Å². The van der Waals surface area contributed by atoms with E-state index >= 15 is 0 Å². The van der Waals surface area contributed by atoms with Gasteiger partial charge in [0.05, 0.1) is 23.9 Å². The van der Waals surface area contributed by atoms with Gasteiger partial charge in [0.2, 0.25) is 10.0 Å². The van der Waals surface area contributed by atoms with Crippen molar-refractivity contribution in [2.75, 3.05) is 44.5 Å². The van der Waals surface area contributed by atoms with Crippen molar-refractivity contribution in [3.63, 3.8) is 0 Å². The lowest BCUT2D eigenvalue weighted by molar-refractivity contribution is 0.411. The molecule has 2 aromatic rings. The maximum absolute atomic E-state index is 12.5. The first-order valence-corrected chi connectivity index (χ1v) is 9.61. The molecule has 1 heterocycles. The van der Waals surface area contributed by atoms with E-state index in [-0.39, 0.29) is 11.4 Å². The van der Waals surface area contributed by atoms with Crippen molar-refractivity contribution in [2.24, 2.45) is 0 Å². The van der Waals surface area contributed by atoms with Crippen molar-refractivity contribution in [3.05, 3.63) is 35.5 Å². The first-order chi connectivity index (χ1) is 12.2. The topological polar surface area (TPSA) is 96.5 Å². The number of aryl methyl sites for hydroxylation is 2. The van der Waals surface area contributed by atoms with Gasteiger partial charge in [0.25, 0.3) is 0 Å². The van der Waals surface area contributed by atoms with Crippen LogP contribution in [-0.2, 0) is 10.0 Å². The van der Waals surface area contributed by atoms with Crippen molar-refractivity contribution in [1.29, 1.82) is 0 Å². The Morgan fingerprint density at radius 1 is 1.12 bits per heavy atom. The van der Waals surface area contributed by atoms with Crippen molar-refractivity contribution < 1.29 is 13.2 Å². The number of rotatable bonds is 8. The van der Waals surface area contributed by atoms with Crippen LogP contribution in [0.5, 0.6) is 5.75 Å². The lowest BCUT2D eigenvalue weighted by atomic mass is 10.1. The van der Waals surface area contributed by atoms with Crippen molar-refractivity contribution >= 4 is 21.5 Å².